The molecule has 5 nitrogen and oxygen atoms in total. The number of aliphatic hydroxyl groups is 1. The maximum absolute atomic E-state index is 11.5. The molecule has 5 heteroatoms. The molecule has 0 saturated carbocycles. The Bertz CT molecular complexity index is 572. The average Bonchev–Trinajstić information content (AvgIpc) is 2.54. The predicted octanol–water partition coefficient (Wildman–Crippen LogP) is 1.65. The zero-order valence-electron chi connectivity index (χ0n) is 13.2. The number of aliphatic hydroxyl groups excluding tert-OH is 1. The smallest absolute Gasteiger partial charge is 0.159 e. The molecule has 2 rings (SSSR count). The van der Waals surface area contributed by atoms with Crippen LogP contribution in [0.5, 0.6) is 0 Å². The van der Waals surface area contributed by atoms with Gasteiger partial charge in [0.1, 0.15) is 6.07 Å². The number of β-amino-alcohol motifs (C(OH)–C–C–N with tert-alkyl or cyclic N) is 1. The lowest BCUT2D eigenvalue weighted by molar-refractivity contribution is 0.101. The second-order valence-electron chi connectivity index (χ2n) is 5.75. The van der Waals surface area contributed by atoms with E-state index in [9.17, 15) is 15.2 Å². The molecule has 0 bridgehead atoms. The number of ketones is 1. The van der Waals surface area contributed by atoms with Crippen LogP contribution in [0.15, 0.2) is 18.2 Å². The molecule has 1 aliphatic rings. The highest BCUT2D eigenvalue weighted by Gasteiger charge is 2.21. The number of hydrogen-bond donors (Lipinski definition) is 1. The van der Waals surface area contributed by atoms with Crippen molar-refractivity contribution in [2.75, 3.05) is 37.6 Å². The van der Waals surface area contributed by atoms with Gasteiger partial charge in [0.05, 0.1) is 17.4 Å². The summed E-state index contributed by atoms with van der Waals surface area (Å²) >= 11 is 0. The van der Waals surface area contributed by atoms with Gasteiger partial charge in [-0.1, -0.05) is 6.92 Å². The quantitative estimate of drug-likeness (QED) is 0.838. The monoisotopic (exact) mass is 301 g/mol. The molecule has 1 fully saturated rings. The summed E-state index contributed by atoms with van der Waals surface area (Å²) in [5, 5.41) is 19.0. The van der Waals surface area contributed by atoms with E-state index in [1.165, 1.54) is 6.92 Å². The molecule has 1 aromatic carbocycles. The van der Waals surface area contributed by atoms with Crippen molar-refractivity contribution in [1.82, 2.24) is 4.90 Å². The molecule has 1 N–H and O–H groups in total. The van der Waals surface area contributed by atoms with E-state index in [-0.39, 0.29) is 11.9 Å². The van der Waals surface area contributed by atoms with E-state index < -0.39 is 0 Å². The molecule has 0 aliphatic carbocycles. The van der Waals surface area contributed by atoms with Gasteiger partial charge in [0.25, 0.3) is 0 Å². The van der Waals surface area contributed by atoms with Crippen molar-refractivity contribution in [3.63, 3.8) is 0 Å². The largest absolute Gasteiger partial charge is 0.392 e. The summed E-state index contributed by atoms with van der Waals surface area (Å²) in [6.07, 6.45) is 0.488. The Morgan fingerprint density at radius 2 is 2.05 bits per heavy atom. The van der Waals surface area contributed by atoms with Gasteiger partial charge in [-0.3, -0.25) is 9.69 Å². The predicted molar refractivity (Wildman–Crippen MR) is 86.1 cm³/mol. The summed E-state index contributed by atoms with van der Waals surface area (Å²) in [5.41, 5.74) is 2.08. The van der Waals surface area contributed by atoms with Crippen molar-refractivity contribution < 1.29 is 9.90 Å². The summed E-state index contributed by atoms with van der Waals surface area (Å²) in [6, 6.07) is 7.45. The number of rotatable bonds is 5. The van der Waals surface area contributed by atoms with Crippen molar-refractivity contribution >= 4 is 11.5 Å². The van der Waals surface area contributed by atoms with Crippen LogP contribution in [-0.4, -0.2) is 54.6 Å². The fourth-order valence-corrected chi connectivity index (χ4v) is 2.71. The van der Waals surface area contributed by atoms with E-state index in [4.69, 9.17) is 0 Å². The van der Waals surface area contributed by atoms with Crippen LogP contribution in [0, 0.1) is 11.3 Å². The minimum Gasteiger partial charge on any atom is -0.392 e. The summed E-state index contributed by atoms with van der Waals surface area (Å²) in [7, 11) is 0. The van der Waals surface area contributed by atoms with E-state index >= 15 is 0 Å². The van der Waals surface area contributed by atoms with Gasteiger partial charge in [-0.15, -0.1) is 0 Å². The summed E-state index contributed by atoms with van der Waals surface area (Å²) in [6.45, 7) is 7.52. The zero-order chi connectivity index (χ0) is 16.1. The number of carbonyl (C=O) groups is 1. The Hall–Kier alpha value is -1.90. The second kappa shape index (κ2) is 7.39. The number of anilines is 1. The van der Waals surface area contributed by atoms with Crippen molar-refractivity contribution in [3.8, 4) is 6.07 Å². The van der Waals surface area contributed by atoms with Crippen molar-refractivity contribution in [1.29, 1.82) is 5.26 Å². The number of Topliss-reactive ketones (excluding diaryl/α,β-unsaturated/α-hetero) is 1. The summed E-state index contributed by atoms with van der Waals surface area (Å²) in [4.78, 5) is 15.9. The van der Waals surface area contributed by atoms with Gasteiger partial charge in [-0.2, -0.15) is 5.26 Å². The summed E-state index contributed by atoms with van der Waals surface area (Å²) in [5.74, 6) is 0.00967. The highest BCUT2D eigenvalue weighted by Crippen LogP contribution is 2.23. The third kappa shape index (κ3) is 3.85. The molecule has 0 spiro atoms. The van der Waals surface area contributed by atoms with E-state index in [2.05, 4.69) is 15.9 Å². The SMILES string of the molecule is CCC(O)CN1CCN(c2cc(C(C)=O)ccc2C#N)CC1. The lowest BCUT2D eigenvalue weighted by Crippen LogP contribution is -2.48. The van der Waals surface area contributed by atoms with Gasteiger partial charge in [0.15, 0.2) is 5.78 Å². The molecule has 0 amide bonds. The van der Waals surface area contributed by atoms with Gasteiger partial charge < -0.3 is 10.0 Å². The minimum atomic E-state index is -0.276. The Labute approximate surface area is 131 Å². The first-order valence-corrected chi connectivity index (χ1v) is 7.75. The molecule has 1 unspecified atom stereocenters. The average molecular weight is 301 g/mol. The van der Waals surface area contributed by atoms with Crippen LogP contribution >= 0.6 is 0 Å². The number of hydrogen-bond acceptors (Lipinski definition) is 5. The first-order chi connectivity index (χ1) is 10.5. The van der Waals surface area contributed by atoms with E-state index in [0.29, 0.717) is 17.7 Å². The molecule has 1 aliphatic heterocycles. The fraction of sp³-hybridized carbons (Fsp3) is 0.529. The van der Waals surface area contributed by atoms with Crippen LogP contribution < -0.4 is 4.90 Å². The maximum Gasteiger partial charge on any atom is 0.159 e. The van der Waals surface area contributed by atoms with Gasteiger partial charge in [0, 0.05) is 38.3 Å². The minimum absolute atomic E-state index is 0.00967. The fourth-order valence-electron chi connectivity index (χ4n) is 2.71. The zero-order valence-corrected chi connectivity index (χ0v) is 13.2. The number of piperazine rings is 1. The lowest BCUT2D eigenvalue weighted by atomic mass is 10.1. The normalized spacial score (nSPS) is 17.1. The van der Waals surface area contributed by atoms with Crippen LogP contribution in [0.3, 0.4) is 0 Å². The van der Waals surface area contributed by atoms with E-state index in [1.807, 2.05) is 13.0 Å². The standard InChI is InChI=1S/C17H23N3O2/c1-3-16(22)12-19-6-8-20(9-7-19)17-10-14(13(2)21)4-5-15(17)11-18/h4-5,10,16,22H,3,6-9,12H2,1-2H3. The molecule has 1 heterocycles. The first-order valence-electron chi connectivity index (χ1n) is 7.75. The molecule has 0 aromatic heterocycles. The van der Waals surface area contributed by atoms with Crippen molar-refractivity contribution in [2.24, 2.45) is 0 Å². The molecule has 22 heavy (non-hydrogen) atoms. The van der Waals surface area contributed by atoms with E-state index in [1.54, 1.807) is 12.1 Å². The third-order valence-corrected chi connectivity index (χ3v) is 4.18. The van der Waals surface area contributed by atoms with Crippen molar-refractivity contribution in [2.45, 2.75) is 26.4 Å². The maximum atomic E-state index is 11.5. The van der Waals surface area contributed by atoms with E-state index in [0.717, 1.165) is 38.3 Å². The molecule has 118 valence electrons. The lowest BCUT2D eigenvalue weighted by Gasteiger charge is -2.37. The number of nitriles is 1. The highest BCUT2D eigenvalue weighted by atomic mass is 16.3. The van der Waals surface area contributed by atoms with Crippen molar-refractivity contribution in [3.05, 3.63) is 29.3 Å². The molecular formula is C17H23N3O2. The third-order valence-electron chi connectivity index (χ3n) is 4.18. The molecule has 1 aromatic rings. The Balaban J connectivity index is 2.09. The van der Waals surface area contributed by atoms with Gasteiger partial charge in [-0.25, -0.2) is 0 Å². The molecule has 1 saturated heterocycles. The van der Waals surface area contributed by atoms with Crippen LogP contribution in [0.1, 0.15) is 36.2 Å². The van der Waals surface area contributed by atoms with Crippen LogP contribution in [-0.2, 0) is 0 Å². The van der Waals surface area contributed by atoms with Crippen LogP contribution in [0.25, 0.3) is 0 Å². The second-order valence-corrected chi connectivity index (χ2v) is 5.75. The Morgan fingerprint density at radius 1 is 1.36 bits per heavy atom. The Kier molecular flexibility index (Phi) is 5.53. The molecular weight excluding hydrogens is 278 g/mol. The number of carbonyl (C=O) groups excluding carboxylic acids is 1. The molecule has 1 atom stereocenters. The number of nitrogens with zero attached hydrogens (tertiary/aromatic N) is 3. The van der Waals surface area contributed by atoms with Crippen LogP contribution in [0.4, 0.5) is 5.69 Å². The number of benzene rings is 1. The highest BCUT2D eigenvalue weighted by molar-refractivity contribution is 5.95. The molecule has 0 radical (unpaired) electrons. The van der Waals surface area contributed by atoms with Gasteiger partial charge >= 0.3 is 0 Å². The Morgan fingerprint density at radius 3 is 2.59 bits per heavy atom. The topological polar surface area (TPSA) is 67.6 Å². The summed E-state index contributed by atoms with van der Waals surface area (Å²) < 4.78 is 0. The van der Waals surface area contributed by atoms with Crippen LogP contribution in [0.2, 0.25) is 0 Å². The first kappa shape index (κ1) is 16.5. The van der Waals surface area contributed by atoms with Gasteiger partial charge in [-0.05, 0) is 31.5 Å². The van der Waals surface area contributed by atoms with Gasteiger partial charge in [0.2, 0.25) is 0 Å².